The number of rotatable bonds is 3. The summed E-state index contributed by atoms with van der Waals surface area (Å²) in [6.07, 6.45) is 1.01. The van der Waals surface area contributed by atoms with Crippen LogP contribution in [0.2, 0.25) is 0 Å². The highest BCUT2D eigenvalue weighted by Crippen LogP contribution is 2.11. The number of hydrogen-bond donors (Lipinski definition) is 1. The van der Waals surface area contributed by atoms with Crippen LogP contribution in [0.5, 0.6) is 0 Å². The summed E-state index contributed by atoms with van der Waals surface area (Å²) in [4.78, 5) is 0. The quantitative estimate of drug-likeness (QED) is 0.750. The summed E-state index contributed by atoms with van der Waals surface area (Å²) in [5, 5.41) is 8.65. The van der Waals surface area contributed by atoms with E-state index >= 15 is 0 Å². The normalized spacial score (nSPS) is 15.8. The van der Waals surface area contributed by atoms with Gasteiger partial charge in [-0.1, -0.05) is 35.1 Å². The third-order valence-corrected chi connectivity index (χ3v) is 2.23. The highest BCUT2D eigenvalue weighted by Gasteiger charge is 1.98. The van der Waals surface area contributed by atoms with Crippen LogP contribution < -0.4 is 0 Å². The highest BCUT2D eigenvalue weighted by molar-refractivity contribution is 14.1. The van der Waals surface area contributed by atoms with Crippen molar-refractivity contribution in [3.05, 3.63) is 9.66 Å². The van der Waals surface area contributed by atoms with Crippen LogP contribution >= 0.6 is 22.6 Å². The first-order valence-corrected chi connectivity index (χ1v) is 4.32. The number of hydrogen-bond acceptors (Lipinski definition) is 1. The van der Waals surface area contributed by atoms with Crippen LogP contribution in [0.3, 0.4) is 0 Å². The Labute approximate surface area is 70.3 Å². The van der Waals surface area contributed by atoms with E-state index in [1.807, 2.05) is 6.92 Å². The Morgan fingerprint density at radius 3 is 2.67 bits per heavy atom. The van der Waals surface area contributed by atoms with E-state index in [4.69, 9.17) is 5.11 Å². The van der Waals surface area contributed by atoms with E-state index in [1.165, 1.54) is 5.57 Å². The van der Waals surface area contributed by atoms with Gasteiger partial charge in [-0.2, -0.15) is 0 Å². The zero-order chi connectivity index (χ0) is 7.28. The fourth-order valence-electron chi connectivity index (χ4n) is 0.659. The molecule has 1 atom stereocenters. The van der Waals surface area contributed by atoms with Gasteiger partial charge < -0.3 is 5.11 Å². The minimum atomic E-state index is 0.293. The molecule has 2 heteroatoms. The molecule has 0 fully saturated rings. The van der Waals surface area contributed by atoms with Crippen LogP contribution in [-0.2, 0) is 0 Å². The van der Waals surface area contributed by atoms with Crippen LogP contribution in [0.15, 0.2) is 9.66 Å². The molecular weight excluding hydrogens is 227 g/mol. The van der Waals surface area contributed by atoms with Crippen molar-refractivity contribution in [2.75, 3.05) is 6.61 Å². The minimum absolute atomic E-state index is 0.293. The van der Waals surface area contributed by atoms with Gasteiger partial charge in [0.15, 0.2) is 0 Å². The molecule has 0 amide bonds. The van der Waals surface area contributed by atoms with Crippen LogP contribution in [0, 0.1) is 5.92 Å². The Morgan fingerprint density at radius 1 is 1.78 bits per heavy atom. The second-order valence-corrected chi connectivity index (χ2v) is 3.07. The van der Waals surface area contributed by atoms with Crippen molar-refractivity contribution in [3.8, 4) is 0 Å². The van der Waals surface area contributed by atoms with Crippen molar-refractivity contribution in [2.45, 2.75) is 20.3 Å². The molecule has 0 spiro atoms. The Hall–Kier alpha value is 0.430. The van der Waals surface area contributed by atoms with Crippen LogP contribution in [0.1, 0.15) is 20.3 Å². The summed E-state index contributed by atoms with van der Waals surface area (Å²) in [7, 11) is 0. The van der Waals surface area contributed by atoms with Gasteiger partial charge in [0, 0.05) is 6.61 Å². The molecule has 1 nitrogen and oxygen atoms in total. The topological polar surface area (TPSA) is 20.2 Å². The Morgan fingerprint density at radius 2 is 2.33 bits per heavy atom. The molecule has 0 saturated heterocycles. The molecule has 0 heterocycles. The first-order chi connectivity index (χ1) is 4.20. The fourth-order valence-corrected chi connectivity index (χ4v) is 0.913. The second-order valence-electron chi connectivity index (χ2n) is 2.45. The van der Waals surface area contributed by atoms with Crippen molar-refractivity contribution < 1.29 is 5.11 Å². The third-order valence-electron chi connectivity index (χ3n) is 1.17. The van der Waals surface area contributed by atoms with Gasteiger partial charge in [0.1, 0.15) is 0 Å². The van der Waals surface area contributed by atoms with E-state index in [-0.39, 0.29) is 0 Å². The fraction of sp³-hybridized carbons (Fsp3) is 0.714. The largest absolute Gasteiger partial charge is 0.396 e. The minimum Gasteiger partial charge on any atom is -0.396 e. The molecule has 0 bridgehead atoms. The third kappa shape index (κ3) is 4.90. The molecule has 0 aromatic rings. The second kappa shape index (κ2) is 5.23. The van der Waals surface area contributed by atoms with E-state index in [0.717, 1.165) is 6.42 Å². The Kier molecular flexibility index (Phi) is 5.48. The van der Waals surface area contributed by atoms with Gasteiger partial charge >= 0.3 is 0 Å². The maximum absolute atomic E-state index is 8.65. The summed E-state index contributed by atoms with van der Waals surface area (Å²) in [6.45, 7) is 4.42. The highest BCUT2D eigenvalue weighted by atomic mass is 127. The van der Waals surface area contributed by atoms with E-state index in [2.05, 4.69) is 33.6 Å². The average Bonchev–Trinajstić information content (AvgIpc) is 1.87. The zero-order valence-electron chi connectivity index (χ0n) is 5.89. The molecule has 0 radical (unpaired) electrons. The Bertz CT molecular complexity index is 99.1. The van der Waals surface area contributed by atoms with E-state index in [0.29, 0.717) is 12.5 Å². The lowest BCUT2D eigenvalue weighted by atomic mass is 10.1. The van der Waals surface area contributed by atoms with Crippen molar-refractivity contribution in [1.29, 1.82) is 0 Å². The lowest BCUT2D eigenvalue weighted by Gasteiger charge is -2.05. The molecular formula is C7H13IO. The molecule has 0 unspecified atom stereocenters. The lowest BCUT2D eigenvalue weighted by Crippen LogP contribution is -1.99. The zero-order valence-corrected chi connectivity index (χ0v) is 8.05. The molecule has 0 aromatic carbocycles. The molecule has 0 saturated carbocycles. The molecule has 0 aliphatic rings. The molecule has 0 aliphatic carbocycles. The maximum Gasteiger partial charge on any atom is 0.0459 e. The number of aliphatic hydroxyl groups is 1. The summed E-state index contributed by atoms with van der Waals surface area (Å²) >= 11 is 2.22. The van der Waals surface area contributed by atoms with Gasteiger partial charge in [0.05, 0.1) is 0 Å². The van der Waals surface area contributed by atoms with Gasteiger partial charge in [0.25, 0.3) is 0 Å². The molecule has 0 aliphatic heterocycles. The van der Waals surface area contributed by atoms with Crippen molar-refractivity contribution in [2.24, 2.45) is 5.92 Å². The van der Waals surface area contributed by atoms with Crippen LogP contribution in [0.25, 0.3) is 0 Å². The van der Waals surface area contributed by atoms with Crippen molar-refractivity contribution in [1.82, 2.24) is 0 Å². The van der Waals surface area contributed by atoms with Crippen molar-refractivity contribution >= 4 is 22.6 Å². The van der Waals surface area contributed by atoms with Crippen molar-refractivity contribution in [3.63, 3.8) is 0 Å². The smallest absolute Gasteiger partial charge is 0.0459 e. The van der Waals surface area contributed by atoms with Gasteiger partial charge in [-0.25, -0.2) is 0 Å². The average molecular weight is 240 g/mol. The first-order valence-electron chi connectivity index (χ1n) is 3.07. The van der Waals surface area contributed by atoms with Crippen LogP contribution in [-0.4, -0.2) is 11.7 Å². The maximum atomic E-state index is 8.65. The van der Waals surface area contributed by atoms with E-state index in [9.17, 15) is 0 Å². The first kappa shape index (κ1) is 9.43. The van der Waals surface area contributed by atoms with Gasteiger partial charge in [-0.3, -0.25) is 0 Å². The molecule has 1 N–H and O–H groups in total. The summed E-state index contributed by atoms with van der Waals surface area (Å²) in [6, 6.07) is 0. The molecule has 0 rings (SSSR count). The number of halogens is 1. The summed E-state index contributed by atoms with van der Waals surface area (Å²) in [5.74, 6) is 0.413. The predicted octanol–water partition coefficient (Wildman–Crippen LogP) is 2.34. The van der Waals surface area contributed by atoms with E-state index < -0.39 is 0 Å². The Balaban J connectivity index is 3.47. The molecule has 0 aromatic heterocycles. The van der Waals surface area contributed by atoms with Gasteiger partial charge in [0.2, 0.25) is 0 Å². The lowest BCUT2D eigenvalue weighted by molar-refractivity contribution is 0.237. The monoisotopic (exact) mass is 240 g/mol. The van der Waals surface area contributed by atoms with Gasteiger partial charge in [-0.15, -0.1) is 0 Å². The van der Waals surface area contributed by atoms with Crippen LogP contribution in [0.4, 0.5) is 0 Å². The standard InChI is InChI=1S/C7H13IO/c1-6(4-8)3-7(2)5-9/h4,7,9H,3,5H2,1-2H3/t7-/m1/s1. The number of allylic oxidation sites excluding steroid dienone is 1. The molecule has 54 valence electrons. The SMILES string of the molecule is CC(=CI)C[C@@H](C)CO. The summed E-state index contributed by atoms with van der Waals surface area (Å²) in [5.41, 5.74) is 1.34. The predicted molar refractivity (Wildman–Crippen MR) is 48.6 cm³/mol. The van der Waals surface area contributed by atoms with Gasteiger partial charge in [-0.05, 0) is 23.3 Å². The van der Waals surface area contributed by atoms with E-state index in [1.54, 1.807) is 0 Å². The number of aliphatic hydroxyl groups excluding tert-OH is 1. The summed E-state index contributed by atoms with van der Waals surface area (Å²) < 4.78 is 2.06. The molecule has 9 heavy (non-hydrogen) atoms.